The molecule has 0 unspecified atom stereocenters. The average molecular weight is 441 g/mol. The summed E-state index contributed by atoms with van der Waals surface area (Å²) in [5.41, 5.74) is 6.13. The molecule has 6 atom stereocenters. The van der Waals surface area contributed by atoms with E-state index >= 15 is 0 Å². The highest BCUT2D eigenvalue weighted by atomic mass is 16.4. The Morgan fingerprint density at radius 3 is 2.13 bits per heavy atom. The summed E-state index contributed by atoms with van der Waals surface area (Å²) >= 11 is 0. The number of hydrogen-bond acceptors (Lipinski definition) is 8. The van der Waals surface area contributed by atoms with E-state index < -0.39 is 67.2 Å². The molecule has 11 nitrogen and oxygen atoms in total. The molecule has 1 rings (SSSR count). The minimum atomic E-state index is -2.16. The van der Waals surface area contributed by atoms with E-state index in [1.54, 1.807) is 30.3 Å². The number of aliphatic carboxylic acids is 1. The van der Waals surface area contributed by atoms with Crippen LogP contribution >= 0.6 is 0 Å². The highest BCUT2D eigenvalue weighted by molar-refractivity contribution is 5.83. The molecule has 0 bridgehead atoms. The first kappa shape index (κ1) is 26.5. The average Bonchev–Trinajstić information content (AvgIpc) is 2.75. The van der Waals surface area contributed by atoms with Crippen LogP contribution in [0.3, 0.4) is 0 Å². The van der Waals surface area contributed by atoms with Crippen LogP contribution in [0.5, 0.6) is 0 Å². The summed E-state index contributed by atoms with van der Waals surface area (Å²) in [6.45, 7) is 1.03. The van der Waals surface area contributed by atoms with Crippen LogP contribution in [0.15, 0.2) is 30.3 Å². The number of benzene rings is 1. The van der Waals surface area contributed by atoms with E-state index in [0.717, 1.165) is 0 Å². The van der Waals surface area contributed by atoms with Crippen molar-refractivity contribution in [3.8, 4) is 0 Å². The van der Waals surface area contributed by atoms with Crippen LogP contribution in [0.2, 0.25) is 0 Å². The van der Waals surface area contributed by atoms with E-state index in [0.29, 0.717) is 18.4 Å². The van der Waals surface area contributed by atoms with E-state index in [1.165, 1.54) is 0 Å². The fraction of sp³-hybridized carbons (Fsp3) is 0.550. The van der Waals surface area contributed by atoms with Crippen LogP contribution in [-0.4, -0.2) is 80.3 Å². The van der Waals surface area contributed by atoms with Crippen molar-refractivity contribution in [3.05, 3.63) is 35.9 Å². The number of aliphatic hydroxyl groups is 4. The van der Waals surface area contributed by atoms with Crippen molar-refractivity contribution in [3.63, 3.8) is 0 Å². The lowest BCUT2D eigenvalue weighted by Crippen LogP contribution is -2.58. The molecule has 1 aromatic rings. The predicted octanol–water partition coefficient (Wildman–Crippen LogP) is -1.99. The number of rotatable bonds is 13. The van der Waals surface area contributed by atoms with Crippen molar-refractivity contribution in [2.75, 3.05) is 6.61 Å². The number of carbonyl (C=O) groups excluding carboxylic acids is 2. The van der Waals surface area contributed by atoms with E-state index in [2.05, 4.69) is 10.6 Å². The summed E-state index contributed by atoms with van der Waals surface area (Å²) in [5.74, 6) is -3.00. The van der Waals surface area contributed by atoms with Gasteiger partial charge in [-0.1, -0.05) is 43.7 Å². The maximum absolute atomic E-state index is 12.4. The van der Waals surface area contributed by atoms with Gasteiger partial charge < -0.3 is 41.9 Å². The summed E-state index contributed by atoms with van der Waals surface area (Å²) in [5, 5.41) is 53.8. The van der Waals surface area contributed by atoms with E-state index in [-0.39, 0.29) is 0 Å². The first-order valence-electron chi connectivity index (χ1n) is 9.90. The molecule has 0 saturated carbocycles. The minimum absolute atomic E-state index is 0.359. The lowest BCUT2D eigenvalue weighted by Gasteiger charge is -2.30. The van der Waals surface area contributed by atoms with Crippen molar-refractivity contribution in [2.24, 2.45) is 5.73 Å². The molecule has 0 radical (unpaired) electrons. The SMILES string of the molecule is CCC[C@H](N)C(=O)N[C@@H](CO)[C@@H](O)[C@@H](O)[C@H](O)C(=O)N[C@@H](CC(=O)O)c1ccccc1. The second kappa shape index (κ2) is 13.0. The van der Waals surface area contributed by atoms with Gasteiger partial charge in [0.2, 0.25) is 5.91 Å². The third-order valence-electron chi connectivity index (χ3n) is 4.71. The zero-order valence-electron chi connectivity index (χ0n) is 17.2. The smallest absolute Gasteiger partial charge is 0.305 e. The molecule has 0 aliphatic rings. The molecular formula is C20H31N3O8. The van der Waals surface area contributed by atoms with Crippen molar-refractivity contribution in [1.29, 1.82) is 0 Å². The molecule has 0 spiro atoms. The van der Waals surface area contributed by atoms with Crippen LogP contribution in [0.4, 0.5) is 0 Å². The van der Waals surface area contributed by atoms with Crippen molar-refractivity contribution >= 4 is 17.8 Å². The third kappa shape index (κ3) is 8.23. The van der Waals surface area contributed by atoms with E-state index in [4.69, 9.17) is 10.8 Å². The zero-order valence-corrected chi connectivity index (χ0v) is 17.2. The Morgan fingerprint density at radius 1 is 1.00 bits per heavy atom. The fourth-order valence-electron chi connectivity index (χ4n) is 2.92. The van der Waals surface area contributed by atoms with Gasteiger partial charge in [-0.15, -0.1) is 0 Å². The Balaban J connectivity index is 2.83. The van der Waals surface area contributed by atoms with Crippen LogP contribution < -0.4 is 16.4 Å². The van der Waals surface area contributed by atoms with Crippen LogP contribution in [0, 0.1) is 0 Å². The van der Waals surface area contributed by atoms with Gasteiger partial charge in [0.1, 0.15) is 12.2 Å². The number of nitrogens with one attached hydrogen (secondary N) is 2. The lowest BCUT2D eigenvalue weighted by molar-refractivity contribution is -0.145. The molecule has 31 heavy (non-hydrogen) atoms. The van der Waals surface area contributed by atoms with Gasteiger partial charge in [0.05, 0.1) is 31.2 Å². The molecule has 0 saturated heterocycles. The second-order valence-electron chi connectivity index (χ2n) is 7.19. The minimum Gasteiger partial charge on any atom is -0.481 e. The number of nitrogens with two attached hydrogens (primary N) is 1. The molecule has 9 N–H and O–H groups in total. The number of carboxylic acid groups (broad SMARTS) is 1. The monoisotopic (exact) mass is 441 g/mol. The number of carboxylic acids is 1. The summed E-state index contributed by atoms with van der Waals surface area (Å²) < 4.78 is 0. The van der Waals surface area contributed by atoms with E-state index in [1.807, 2.05) is 6.92 Å². The number of hydrogen-bond donors (Lipinski definition) is 8. The summed E-state index contributed by atoms with van der Waals surface area (Å²) in [6.07, 6.45) is -5.64. The fourth-order valence-corrected chi connectivity index (χ4v) is 2.92. The first-order chi connectivity index (χ1) is 14.6. The van der Waals surface area contributed by atoms with Crippen molar-refractivity contribution in [2.45, 2.75) is 62.6 Å². The third-order valence-corrected chi connectivity index (χ3v) is 4.71. The Kier molecular flexibility index (Phi) is 11.1. The van der Waals surface area contributed by atoms with Crippen molar-refractivity contribution < 1.29 is 39.9 Å². The molecule has 11 heteroatoms. The molecular weight excluding hydrogens is 410 g/mol. The number of aliphatic hydroxyl groups excluding tert-OH is 4. The Bertz CT molecular complexity index is 718. The van der Waals surface area contributed by atoms with E-state index in [9.17, 15) is 34.8 Å². The normalized spacial score (nSPS) is 17.0. The summed E-state index contributed by atoms with van der Waals surface area (Å²) in [6, 6.07) is 4.88. The Morgan fingerprint density at radius 2 is 1.61 bits per heavy atom. The van der Waals surface area contributed by atoms with Gasteiger partial charge in [-0.05, 0) is 12.0 Å². The van der Waals surface area contributed by atoms with Gasteiger partial charge in [0.25, 0.3) is 5.91 Å². The Hall–Kier alpha value is -2.57. The summed E-state index contributed by atoms with van der Waals surface area (Å²) in [4.78, 5) is 35.5. The van der Waals surface area contributed by atoms with Gasteiger partial charge in [-0.25, -0.2) is 0 Å². The molecule has 0 aliphatic heterocycles. The topological polar surface area (TPSA) is 202 Å². The van der Waals surface area contributed by atoms with Crippen molar-refractivity contribution in [1.82, 2.24) is 10.6 Å². The molecule has 1 aromatic carbocycles. The molecule has 0 aromatic heterocycles. The largest absolute Gasteiger partial charge is 0.481 e. The van der Waals surface area contributed by atoms with Crippen LogP contribution in [0.25, 0.3) is 0 Å². The standard InChI is InChI=1S/C20H31N3O8/c1-2-6-12(21)19(30)23-14(10-24)16(27)17(28)18(29)20(31)22-13(9-15(25)26)11-7-4-3-5-8-11/h3-5,7-8,12-14,16-18,24,27-29H,2,6,9-10,21H2,1H3,(H,22,31)(H,23,30)(H,25,26)/t12-,13-,14-,16+,17+,18-/m0/s1. The zero-order chi connectivity index (χ0) is 23.6. The van der Waals surface area contributed by atoms with Gasteiger partial charge in [0.15, 0.2) is 6.10 Å². The Labute approximate surface area is 179 Å². The maximum Gasteiger partial charge on any atom is 0.305 e. The quantitative estimate of drug-likeness (QED) is 0.170. The molecule has 174 valence electrons. The van der Waals surface area contributed by atoms with Crippen LogP contribution in [-0.2, 0) is 14.4 Å². The number of carbonyl (C=O) groups is 3. The highest BCUT2D eigenvalue weighted by Crippen LogP contribution is 2.17. The number of amides is 2. The van der Waals surface area contributed by atoms with Gasteiger partial charge in [0, 0.05) is 0 Å². The van der Waals surface area contributed by atoms with Gasteiger partial charge in [-0.2, -0.15) is 0 Å². The highest BCUT2D eigenvalue weighted by Gasteiger charge is 2.37. The maximum atomic E-state index is 12.4. The predicted molar refractivity (Wildman–Crippen MR) is 109 cm³/mol. The molecule has 0 aliphatic carbocycles. The summed E-state index contributed by atoms with van der Waals surface area (Å²) in [7, 11) is 0. The molecule has 2 amide bonds. The first-order valence-corrected chi connectivity index (χ1v) is 9.90. The van der Waals surface area contributed by atoms with Gasteiger partial charge >= 0.3 is 5.97 Å². The molecule has 0 fully saturated rings. The van der Waals surface area contributed by atoms with Gasteiger partial charge in [-0.3, -0.25) is 14.4 Å². The lowest BCUT2D eigenvalue weighted by atomic mass is 9.98. The molecule has 0 heterocycles. The van der Waals surface area contributed by atoms with Crippen LogP contribution in [0.1, 0.15) is 37.8 Å². The second-order valence-corrected chi connectivity index (χ2v) is 7.19.